The van der Waals surface area contributed by atoms with E-state index in [4.69, 9.17) is 25.4 Å². The Morgan fingerprint density at radius 3 is 2.77 bits per heavy atom. The average molecular weight is 338 g/mol. The van der Waals surface area contributed by atoms with Crippen molar-refractivity contribution in [2.24, 2.45) is 0 Å². The van der Waals surface area contributed by atoms with Crippen molar-refractivity contribution in [3.63, 3.8) is 0 Å². The summed E-state index contributed by atoms with van der Waals surface area (Å²) in [5.74, 6) is -0.837. The van der Waals surface area contributed by atoms with Crippen molar-refractivity contribution in [2.75, 3.05) is 12.3 Å². The number of nitrogens with one attached hydrogen (secondary N) is 2. The molecule has 8 N–H and O–H groups in total. The Balaban J connectivity index is 2.14. The minimum atomic E-state index is -4.96. The van der Waals surface area contributed by atoms with Crippen LogP contribution in [0, 0.1) is 0 Å². The molecule has 1 amide bonds. The molecule has 0 aliphatic carbocycles. The molecule has 0 saturated carbocycles. The van der Waals surface area contributed by atoms with Gasteiger partial charge in [0.05, 0.1) is 12.9 Å². The van der Waals surface area contributed by atoms with Gasteiger partial charge in [0.2, 0.25) is 0 Å². The highest BCUT2D eigenvalue weighted by molar-refractivity contribution is 7.46. The van der Waals surface area contributed by atoms with Crippen LogP contribution in [0.25, 0.3) is 0 Å². The minimum absolute atomic E-state index is 0.0257. The normalized spacial score (nSPS) is 28.7. The summed E-state index contributed by atoms with van der Waals surface area (Å²) in [6, 6.07) is 0. The summed E-state index contributed by atoms with van der Waals surface area (Å²) >= 11 is 0. The summed E-state index contributed by atoms with van der Waals surface area (Å²) < 4.78 is 20.5. The van der Waals surface area contributed by atoms with Crippen molar-refractivity contribution in [1.82, 2.24) is 15.3 Å². The zero-order valence-corrected chi connectivity index (χ0v) is 11.9. The SMILES string of the molecule is Nc1[nH]cnc1C(=O)N[C@@H]1O[C@H](CO)[C@@H](O)[C@H]1OP(=O)(O)O. The molecular weight excluding hydrogens is 323 g/mol. The number of carbonyl (C=O) groups excluding carboxylic acids is 1. The van der Waals surface area contributed by atoms with Gasteiger partial charge in [-0.2, -0.15) is 0 Å². The Hall–Kier alpha value is -1.53. The molecule has 13 heteroatoms. The Bertz CT molecular complexity index is 588. The number of nitrogens with two attached hydrogens (primary N) is 1. The first kappa shape index (κ1) is 16.8. The van der Waals surface area contributed by atoms with E-state index in [1.54, 1.807) is 0 Å². The molecule has 0 bridgehead atoms. The molecule has 22 heavy (non-hydrogen) atoms. The van der Waals surface area contributed by atoms with E-state index >= 15 is 0 Å². The van der Waals surface area contributed by atoms with Gasteiger partial charge >= 0.3 is 7.82 Å². The third-order valence-corrected chi connectivity index (χ3v) is 3.45. The van der Waals surface area contributed by atoms with Gasteiger partial charge in [0.15, 0.2) is 11.9 Å². The first-order chi connectivity index (χ1) is 10.2. The van der Waals surface area contributed by atoms with Crippen LogP contribution in [0.5, 0.6) is 0 Å². The van der Waals surface area contributed by atoms with Crippen LogP contribution in [0.1, 0.15) is 10.5 Å². The Labute approximate surface area is 123 Å². The summed E-state index contributed by atoms with van der Waals surface area (Å²) in [7, 11) is -4.96. The maximum atomic E-state index is 11.9. The van der Waals surface area contributed by atoms with E-state index in [0.717, 1.165) is 0 Å². The van der Waals surface area contributed by atoms with Crippen molar-refractivity contribution < 1.29 is 38.6 Å². The molecule has 0 spiro atoms. The van der Waals surface area contributed by atoms with Gasteiger partial charge in [-0.3, -0.25) is 9.32 Å². The van der Waals surface area contributed by atoms with E-state index in [1.165, 1.54) is 6.33 Å². The monoisotopic (exact) mass is 338 g/mol. The number of H-pyrrole nitrogens is 1. The first-order valence-electron chi connectivity index (χ1n) is 6.01. The second-order valence-corrected chi connectivity index (χ2v) is 5.66. The number of aromatic amines is 1. The van der Waals surface area contributed by atoms with E-state index in [0.29, 0.717) is 0 Å². The fourth-order valence-corrected chi connectivity index (χ4v) is 2.52. The van der Waals surface area contributed by atoms with Crippen LogP contribution in [0.4, 0.5) is 5.82 Å². The van der Waals surface area contributed by atoms with E-state index in [1.807, 2.05) is 0 Å². The number of aliphatic hydroxyl groups is 2. The molecule has 1 aromatic rings. The zero-order chi connectivity index (χ0) is 16.5. The molecule has 2 rings (SSSR count). The second-order valence-electron chi connectivity index (χ2n) is 4.47. The molecule has 1 aliphatic rings. The number of phosphoric acid groups is 1. The van der Waals surface area contributed by atoms with Gasteiger partial charge in [0, 0.05) is 0 Å². The fraction of sp³-hybridized carbons (Fsp3) is 0.556. The van der Waals surface area contributed by atoms with Gasteiger partial charge in [-0.25, -0.2) is 9.55 Å². The number of aromatic nitrogens is 2. The lowest BCUT2D eigenvalue weighted by Gasteiger charge is -2.21. The summed E-state index contributed by atoms with van der Waals surface area (Å²) in [4.78, 5) is 35.8. The quantitative estimate of drug-likeness (QED) is 0.276. The lowest BCUT2D eigenvalue weighted by molar-refractivity contribution is -0.0304. The highest BCUT2D eigenvalue weighted by Gasteiger charge is 2.48. The summed E-state index contributed by atoms with van der Waals surface area (Å²) in [6.07, 6.45) is -4.56. The Kier molecular flexibility index (Phi) is 4.82. The van der Waals surface area contributed by atoms with Crippen LogP contribution >= 0.6 is 7.82 Å². The standard InChI is InChI=1S/C9H15N4O8P/c10-7-4(11-2-12-7)8(16)13-9-6(21-22(17,18)19)5(15)3(1-14)20-9/h2-3,5-6,9,14-15H,1,10H2,(H,11,12)(H,13,16)(H2,17,18,19)/t3-,5-,6-,9-/m1/s1. The zero-order valence-electron chi connectivity index (χ0n) is 11.0. The number of aliphatic hydroxyl groups excluding tert-OH is 2. The van der Waals surface area contributed by atoms with Crippen LogP contribution in [0.3, 0.4) is 0 Å². The minimum Gasteiger partial charge on any atom is -0.394 e. The van der Waals surface area contributed by atoms with E-state index < -0.39 is 44.9 Å². The number of carbonyl (C=O) groups is 1. The molecule has 0 unspecified atom stereocenters. The molecule has 1 aliphatic heterocycles. The highest BCUT2D eigenvalue weighted by atomic mass is 31.2. The van der Waals surface area contributed by atoms with Crippen LogP contribution in [0.2, 0.25) is 0 Å². The lowest BCUT2D eigenvalue weighted by atomic mass is 10.1. The Morgan fingerprint density at radius 2 is 2.27 bits per heavy atom. The van der Waals surface area contributed by atoms with E-state index in [9.17, 15) is 14.5 Å². The molecular formula is C9H15N4O8P. The molecule has 1 aromatic heterocycles. The topological polar surface area (TPSA) is 200 Å². The predicted octanol–water partition coefficient (Wildman–Crippen LogP) is -2.72. The average Bonchev–Trinajstić information content (AvgIpc) is 2.95. The van der Waals surface area contributed by atoms with Gasteiger partial charge in [0.25, 0.3) is 5.91 Å². The molecule has 124 valence electrons. The second kappa shape index (κ2) is 6.30. The number of nitrogen functional groups attached to an aromatic ring is 1. The van der Waals surface area contributed by atoms with Gasteiger partial charge in [-0.05, 0) is 0 Å². The molecule has 1 fully saturated rings. The van der Waals surface area contributed by atoms with Crippen LogP contribution < -0.4 is 11.1 Å². The maximum Gasteiger partial charge on any atom is 0.470 e. The summed E-state index contributed by atoms with van der Waals surface area (Å²) in [6.45, 7) is -0.640. The third-order valence-electron chi connectivity index (χ3n) is 2.93. The number of hydrogen-bond acceptors (Lipinski definition) is 8. The van der Waals surface area contributed by atoms with Gasteiger partial charge < -0.3 is 40.8 Å². The first-order valence-corrected chi connectivity index (χ1v) is 7.54. The van der Waals surface area contributed by atoms with Crippen molar-refractivity contribution in [1.29, 1.82) is 0 Å². The number of rotatable bonds is 5. The highest BCUT2D eigenvalue weighted by Crippen LogP contribution is 2.41. The van der Waals surface area contributed by atoms with Crippen molar-refractivity contribution in [3.05, 3.63) is 12.0 Å². The Morgan fingerprint density at radius 1 is 1.59 bits per heavy atom. The number of hydrogen-bond donors (Lipinski definition) is 7. The fourth-order valence-electron chi connectivity index (χ4n) is 1.96. The van der Waals surface area contributed by atoms with E-state index in [2.05, 4.69) is 19.8 Å². The van der Waals surface area contributed by atoms with Crippen LogP contribution in [-0.2, 0) is 13.8 Å². The van der Waals surface area contributed by atoms with Crippen molar-refractivity contribution in [3.8, 4) is 0 Å². The lowest BCUT2D eigenvalue weighted by Crippen LogP contribution is -2.45. The predicted molar refractivity (Wildman–Crippen MR) is 69.1 cm³/mol. The van der Waals surface area contributed by atoms with Gasteiger partial charge in [0.1, 0.15) is 24.1 Å². The molecule has 12 nitrogen and oxygen atoms in total. The third kappa shape index (κ3) is 3.62. The number of amides is 1. The number of phosphoric ester groups is 1. The van der Waals surface area contributed by atoms with Gasteiger partial charge in [-0.1, -0.05) is 0 Å². The van der Waals surface area contributed by atoms with Gasteiger partial charge in [-0.15, -0.1) is 0 Å². The van der Waals surface area contributed by atoms with Crippen molar-refractivity contribution in [2.45, 2.75) is 24.5 Å². The maximum absolute atomic E-state index is 11.9. The number of imidazole rings is 1. The summed E-state index contributed by atoms with van der Waals surface area (Å²) in [5, 5.41) is 21.1. The molecule has 2 heterocycles. The van der Waals surface area contributed by atoms with Crippen LogP contribution in [-0.4, -0.2) is 67.0 Å². The molecule has 0 aromatic carbocycles. The molecule has 1 saturated heterocycles. The summed E-state index contributed by atoms with van der Waals surface area (Å²) in [5.41, 5.74) is 5.30. The smallest absolute Gasteiger partial charge is 0.394 e. The number of anilines is 1. The largest absolute Gasteiger partial charge is 0.470 e. The van der Waals surface area contributed by atoms with Crippen LogP contribution in [0.15, 0.2) is 6.33 Å². The van der Waals surface area contributed by atoms with Crippen molar-refractivity contribution >= 4 is 19.5 Å². The number of nitrogens with zero attached hydrogens (tertiary/aromatic N) is 1. The molecule has 4 atom stereocenters. The molecule has 0 radical (unpaired) electrons. The number of ether oxygens (including phenoxy) is 1. The van der Waals surface area contributed by atoms with E-state index in [-0.39, 0.29) is 11.5 Å².